The quantitative estimate of drug-likeness (QED) is 0.157. The van der Waals surface area contributed by atoms with Gasteiger partial charge in [-0.05, 0) is 60.7 Å². The Balaban J connectivity index is 1.52. The molecule has 0 amide bonds. The Morgan fingerprint density at radius 1 is 0.422 bits per heavy atom. The minimum Gasteiger partial charge on any atom is -0.457 e. The molecule has 0 aromatic heterocycles. The lowest BCUT2D eigenvalue weighted by molar-refractivity contribution is -0.360. The molecule has 0 saturated heterocycles. The number of ether oxygens (including phenoxy) is 4. The molecule has 45 heavy (non-hydrogen) atoms. The lowest BCUT2D eigenvalue weighted by Crippen LogP contribution is -2.41. The summed E-state index contributed by atoms with van der Waals surface area (Å²) in [6.45, 7) is 0. The van der Waals surface area contributed by atoms with E-state index in [1.165, 1.54) is 48.5 Å². The van der Waals surface area contributed by atoms with Gasteiger partial charge in [0.05, 0.1) is 9.79 Å². The highest BCUT2D eigenvalue weighted by Crippen LogP contribution is 2.40. The van der Waals surface area contributed by atoms with Gasteiger partial charge in [-0.15, -0.1) is 0 Å². The van der Waals surface area contributed by atoms with E-state index in [0.29, 0.717) is 0 Å². The molecule has 0 spiro atoms. The van der Waals surface area contributed by atoms with Gasteiger partial charge in [0.25, 0.3) is 0 Å². The maximum Gasteiger partial charge on any atom is 0.499 e. The summed E-state index contributed by atoms with van der Waals surface area (Å²) in [6, 6.07) is 17.0. The van der Waals surface area contributed by atoms with Crippen LogP contribution in [0.15, 0.2) is 107 Å². The summed E-state index contributed by atoms with van der Waals surface area (Å²) in [5.41, 5.74) is 0. The minimum atomic E-state index is -5.98. The molecule has 4 aromatic carbocycles. The fraction of sp³-hybridized carbons (Fsp3) is 0.143. The summed E-state index contributed by atoms with van der Waals surface area (Å²) in [5, 5.41) is 0. The summed E-state index contributed by atoms with van der Waals surface area (Å²) < 4.78 is 173. The number of benzene rings is 4. The van der Waals surface area contributed by atoms with E-state index in [1.54, 1.807) is 0 Å². The first-order chi connectivity index (χ1) is 20.8. The first-order valence-electron chi connectivity index (χ1n) is 12.0. The van der Waals surface area contributed by atoms with Gasteiger partial charge in [-0.1, -0.05) is 24.3 Å². The Kier molecular flexibility index (Phi) is 8.88. The van der Waals surface area contributed by atoms with Crippen molar-refractivity contribution in [3.05, 3.63) is 97.1 Å². The summed E-state index contributed by atoms with van der Waals surface area (Å²) in [5.74, 6) is -2.63. The van der Waals surface area contributed by atoms with Gasteiger partial charge < -0.3 is 18.9 Å². The van der Waals surface area contributed by atoms with E-state index in [1.807, 2.05) is 0 Å². The fourth-order valence-electron chi connectivity index (χ4n) is 3.43. The molecule has 17 heteroatoms. The maximum absolute atomic E-state index is 13.3. The third kappa shape index (κ3) is 7.89. The summed E-state index contributed by atoms with van der Waals surface area (Å²) in [6.07, 6.45) is -22.9. The lowest BCUT2D eigenvalue weighted by Gasteiger charge is -2.20. The van der Waals surface area contributed by atoms with Crippen molar-refractivity contribution in [3.8, 4) is 34.5 Å². The second-order valence-electron chi connectivity index (χ2n) is 8.84. The monoisotopic (exact) mass is 670 g/mol. The molecule has 6 nitrogen and oxygen atoms in total. The van der Waals surface area contributed by atoms with Crippen molar-refractivity contribution in [3.63, 3.8) is 0 Å². The summed E-state index contributed by atoms with van der Waals surface area (Å²) >= 11 is 0. The topological polar surface area (TPSA) is 71.1 Å². The Hall–Kier alpha value is -4.67. The minimum absolute atomic E-state index is 0.157. The third-order valence-electron chi connectivity index (χ3n) is 5.47. The van der Waals surface area contributed by atoms with Gasteiger partial charge in [-0.3, -0.25) is 0 Å². The van der Waals surface area contributed by atoms with E-state index in [4.69, 9.17) is 9.47 Å². The van der Waals surface area contributed by atoms with Crippen LogP contribution in [0, 0.1) is 0 Å². The Bertz CT molecular complexity index is 1650. The van der Waals surface area contributed by atoms with E-state index in [-0.39, 0.29) is 32.8 Å². The van der Waals surface area contributed by atoms with E-state index in [2.05, 4.69) is 9.47 Å². The molecule has 0 fully saturated rings. The van der Waals surface area contributed by atoms with Crippen molar-refractivity contribution in [2.24, 2.45) is 0 Å². The number of sulfone groups is 1. The second kappa shape index (κ2) is 12.0. The molecule has 0 aliphatic rings. The zero-order valence-electron chi connectivity index (χ0n) is 21.9. The van der Waals surface area contributed by atoms with Crippen LogP contribution in [0.3, 0.4) is 0 Å². The maximum atomic E-state index is 13.3. The highest BCUT2D eigenvalue weighted by Gasteiger charge is 2.62. The zero-order valence-corrected chi connectivity index (χ0v) is 22.7. The first kappa shape index (κ1) is 33.2. The SMILES string of the molecule is O=S(=O)(c1cccc(Oc2cccc(OC(F)(F)C(F)(F)F)c2)c1)c1cccc(Oc2cccc(OC(F)(F)C(F)(F)F)c2)c1. The van der Waals surface area contributed by atoms with E-state index in [9.17, 15) is 52.3 Å². The van der Waals surface area contributed by atoms with Gasteiger partial charge in [0, 0.05) is 12.1 Å². The third-order valence-corrected chi connectivity index (χ3v) is 7.22. The average Bonchev–Trinajstić information content (AvgIpc) is 2.92. The van der Waals surface area contributed by atoms with Gasteiger partial charge in [0.15, 0.2) is 0 Å². The summed E-state index contributed by atoms with van der Waals surface area (Å²) in [7, 11) is -4.32. The molecule has 240 valence electrons. The molecule has 0 radical (unpaired) electrons. The van der Waals surface area contributed by atoms with Gasteiger partial charge in [-0.2, -0.15) is 43.9 Å². The highest BCUT2D eigenvalue weighted by atomic mass is 32.2. The fourth-order valence-corrected chi connectivity index (χ4v) is 4.76. The second-order valence-corrected chi connectivity index (χ2v) is 10.8. The Morgan fingerprint density at radius 2 is 0.711 bits per heavy atom. The molecule has 4 rings (SSSR count). The van der Waals surface area contributed by atoms with E-state index >= 15 is 0 Å². The smallest absolute Gasteiger partial charge is 0.457 e. The van der Waals surface area contributed by atoms with Crippen LogP contribution in [-0.4, -0.2) is 33.0 Å². The van der Waals surface area contributed by atoms with E-state index < -0.39 is 45.9 Å². The van der Waals surface area contributed by atoms with Crippen LogP contribution in [0.4, 0.5) is 43.9 Å². The molecule has 0 unspecified atom stereocenters. The number of hydrogen-bond acceptors (Lipinski definition) is 6. The Morgan fingerprint density at radius 3 is 1.04 bits per heavy atom. The summed E-state index contributed by atoms with van der Waals surface area (Å²) in [4.78, 5) is -0.698. The Labute approximate surface area is 247 Å². The molecule has 0 heterocycles. The van der Waals surface area contributed by atoms with Gasteiger partial charge >= 0.3 is 24.6 Å². The number of halogens is 10. The van der Waals surface area contributed by atoms with E-state index in [0.717, 1.165) is 48.5 Å². The first-order valence-corrected chi connectivity index (χ1v) is 13.5. The number of hydrogen-bond donors (Lipinski definition) is 0. The van der Waals surface area contributed by atoms with Crippen molar-refractivity contribution in [2.45, 2.75) is 34.4 Å². The number of alkyl halides is 10. The van der Waals surface area contributed by atoms with Crippen molar-refractivity contribution in [1.82, 2.24) is 0 Å². The van der Waals surface area contributed by atoms with Crippen molar-refractivity contribution < 1.29 is 71.3 Å². The standard InChI is InChI=1S/C28H16F10O6S/c29-25(30,31)27(35,36)43-21-9-1-5-17(13-21)41-19-7-3-11-23(15-19)45(39,40)24-12-4-8-20(16-24)42-18-6-2-10-22(14-18)44-28(37,38)26(32,33)34/h1-16H. The average molecular weight is 670 g/mol. The lowest BCUT2D eigenvalue weighted by atomic mass is 10.3. The van der Waals surface area contributed by atoms with Crippen LogP contribution < -0.4 is 18.9 Å². The molecule has 0 N–H and O–H groups in total. The molecule has 0 atom stereocenters. The van der Waals surface area contributed by atoms with Crippen LogP contribution in [0.2, 0.25) is 0 Å². The van der Waals surface area contributed by atoms with Gasteiger partial charge in [0.2, 0.25) is 9.84 Å². The molecule has 0 bridgehead atoms. The normalized spacial score (nSPS) is 12.8. The molecule has 0 saturated carbocycles. The number of rotatable bonds is 10. The zero-order chi connectivity index (χ0) is 33.3. The largest absolute Gasteiger partial charge is 0.499 e. The van der Waals surface area contributed by atoms with Gasteiger partial charge in [0.1, 0.15) is 34.5 Å². The van der Waals surface area contributed by atoms with Crippen molar-refractivity contribution in [2.75, 3.05) is 0 Å². The predicted molar refractivity (Wildman–Crippen MR) is 135 cm³/mol. The molecule has 0 aliphatic heterocycles. The van der Waals surface area contributed by atoms with Crippen molar-refractivity contribution in [1.29, 1.82) is 0 Å². The van der Waals surface area contributed by atoms with Crippen LogP contribution in [0.5, 0.6) is 34.5 Å². The van der Waals surface area contributed by atoms with Crippen LogP contribution in [-0.2, 0) is 9.84 Å². The highest BCUT2D eigenvalue weighted by molar-refractivity contribution is 7.91. The molecular weight excluding hydrogens is 654 g/mol. The van der Waals surface area contributed by atoms with Crippen LogP contribution in [0.25, 0.3) is 0 Å². The molecular formula is C28H16F10O6S. The van der Waals surface area contributed by atoms with Crippen LogP contribution in [0.1, 0.15) is 0 Å². The van der Waals surface area contributed by atoms with Crippen LogP contribution >= 0.6 is 0 Å². The van der Waals surface area contributed by atoms with Crippen molar-refractivity contribution >= 4 is 9.84 Å². The molecule has 4 aromatic rings. The predicted octanol–water partition coefficient (Wildman–Crippen LogP) is 9.17. The van der Waals surface area contributed by atoms with Gasteiger partial charge in [-0.25, -0.2) is 8.42 Å². The molecule has 0 aliphatic carbocycles.